The topological polar surface area (TPSA) is 93.7 Å². The number of methoxy groups -OCH3 is 1. The van der Waals surface area contributed by atoms with Crippen molar-refractivity contribution < 1.29 is 22.7 Å². The van der Waals surface area contributed by atoms with E-state index < -0.39 is 16.1 Å². The van der Waals surface area contributed by atoms with Crippen molar-refractivity contribution in [1.29, 1.82) is 0 Å². The molecule has 2 aromatic rings. The van der Waals surface area contributed by atoms with E-state index >= 15 is 0 Å². The van der Waals surface area contributed by atoms with Crippen molar-refractivity contribution >= 4 is 54.8 Å². The number of anilines is 2. The normalized spacial score (nSPS) is 16.1. The van der Waals surface area contributed by atoms with E-state index in [4.69, 9.17) is 21.1 Å². The van der Waals surface area contributed by atoms with Crippen molar-refractivity contribution in [3.05, 3.63) is 39.8 Å². The lowest BCUT2D eigenvalue weighted by molar-refractivity contribution is -0.124. The Morgan fingerprint density at radius 3 is 2.66 bits per heavy atom. The molecule has 156 valence electrons. The smallest absolute Gasteiger partial charge is 0.265 e. The fourth-order valence-electron chi connectivity index (χ4n) is 2.88. The van der Waals surface area contributed by atoms with Gasteiger partial charge in [-0.1, -0.05) is 25.4 Å². The molecule has 1 aliphatic rings. The van der Waals surface area contributed by atoms with E-state index in [1.54, 1.807) is 12.1 Å². The van der Waals surface area contributed by atoms with Crippen LogP contribution in [0.15, 0.2) is 39.7 Å². The van der Waals surface area contributed by atoms with Crippen LogP contribution in [0.1, 0.15) is 20.3 Å². The van der Waals surface area contributed by atoms with Gasteiger partial charge in [-0.15, -0.1) is 0 Å². The van der Waals surface area contributed by atoms with E-state index in [2.05, 4.69) is 26.0 Å². The fourth-order valence-corrected chi connectivity index (χ4v) is 5.24. The third-order valence-corrected chi connectivity index (χ3v) is 6.87. The molecule has 0 fully saturated rings. The largest absolute Gasteiger partial charge is 0.495 e. The molecular weight excluding hydrogens is 484 g/mol. The van der Waals surface area contributed by atoms with Gasteiger partial charge in [-0.2, -0.15) is 0 Å². The van der Waals surface area contributed by atoms with Crippen LogP contribution in [0.2, 0.25) is 5.02 Å². The molecule has 3 rings (SSSR count). The second-order valence-electron chi connectivity index (χ2n) is 6.96. The molecule has 1 atom stereocenters. The van der Waals surface area contributed by atoms with E-state index in [0.29, 0.717) is 23.6 Å². The van der Waals surface area contributed by atoms with Gasteiger partial charge in [-0.3, -0.25) is 9.52 Å². The van der Waals surface area contributed by atoms with Gasteiger partial charge in [0.15, 0.2) is 6.10 Å². The zero-order valence-corrected chi connectivity index (χ0v) is 19.1. The summed E-state index contributed by atoms with van der Waals surface area (Å²) < 4.78 is 39.5. The molecule has 10 heteroatoms. The minimum Gasteiger partial charge on any atom is -0.495 e. The summed E-state index contributed by atoms with van der Waals surface area (Å²) in [6.45, 7) is 3.96. The minimum atomic E-state index is -3.96. The zero-order valence-electron chi connectivity index (χ0n) is 16.0. The SMILES string of the molecule is COc1ccc(NS(=O)(=O)c2cc3c(cc2Br)NC(=O)C(CC(C)C)O3)cc1Cl. The maximum Gasteiger partial charge on any atom is 0.265 e. The van der Waals surface area contributed by atoms with Crippen molar-refractivity contribution in [2.24, 2.45) is 5.92 Å². The highest BCUT2D eigenvalue weighted by atomic mass is 79.9. The average molecular weight is 504 g/mol. The van der Waals surface area contributed by atoms with Crippen molar-refractivity contribution in [3.8, 4) is 11.5 Å². The standard InChI is InChI=1S/C19H20BrClN2O5S/c1-10(2)6-17-19(24)22-14-8-12(20)18(9-16(14)28-17)29(25,26)23-11-4-5-15(27-3)13(21)7-11/h4-5,7-10,17,23H,6H2,1-3H3,(H,22,24). The molecule has 0 radical (unpaired) electrons. The molecule has 1 aliphatic heterocycles. The van der Waals surface area contributed by atoms with Crippen molar-refractivity contribution in [2.45, 2.75) is 31.3 Å². The van der Waals surface area contributed by atoms with Crippen LogP contribution >= 0.6 is 27.5 Å². The second kappa shape index (κ2) is 8.41. The summed E-state index contributed by atoms with van der Waals surface area (Å²) in [5.41, 5.74) is 0.695. The van der Waals surface area contributed by atoms with Gasteiger partial charge in [-0.25, -0.2) is 8.42 Å². The van der Waals surface area contributed by atoms with Gasteiger partial charge < -0.3 is 14.8 Å². The number of hydrogen-bond donors (Lipinski definition) is 2. The van der Waals surface area contributed by atoms with Gasteiger partial charge in [0.1, 0.15) is 16.4 Å². The summed E-state index contributed by atoms with van der Waals surface area (Å²) in [6.07, 6.45) is -0.154. The van der Waals surface area contributed by atoms with Crippen molar-refractivity contribution in [3.63, 3.8) is 0 Å². The van der Waals surface area contributed by atoms with Crippen LogP contribution in [-0.4, -0.2) is 27.5 Å². The second-order valence-corrected chi connectivity index (χ2v) is 9.87. The number of fused-ring (bicyclic) bond motifs is 1. The predicted molar refractivity (Wildman–Crippen MR) is 115 cm³/mol. The van der Waals surface area contributed by atoms with Crippen LogP contribution in [0.3, 0.4) is 0 Å². The quantitative estimate of drug-likeness (QED) is 0.598. The van der Waals surface area contributed by atoms with Crippen LogP contribution in [0.5, 0.6) is 11.5 Å². The third kappa shape index (κ3) is 4.79. The Morgan fingerprint density at radius 2 is 2.03 bits per heavy atom. The minimum absolute atomic E-state index is 0.0253. The van der Waals surface area contributed by atoms with E-state index in [1.165, 1.54) is 25.3 Å². The summed E-state index contributed by atoms with van der Waals surface area (Å²) in [4.78, 5) is 12.2. The summed E-state index contributed by atoms with van der Waals surface area (Å²) in [6, 6.07) is 7.47. The fraction of sp³-hybridized carbons (Fsp3) is 0.316. The molecule has 1 heterocycles. The highest BCUT2D eigenvalue weighted by Crippen LogP contribution is 2.38. The van der Waals surface area contributed by atoms with Crippen LogP contribution < -0.4 is 19.5 Å². The van der Waals surface area contributed by atoms with Gasteiger partial charge in [0.05, 0.1) is 23.5 Å². The number of hydrogen-bond acceptors (Lipinski definition) is 5. The van der Waals surface area contributed by atoms with E-state index in [1.807, 2.05) is 13.8 Å². The number of carbonyl (C=O) groups excluding carboxylic acids is 1. The van der Waals surface area contributed by atoms with Crippen molar-refractivity contribution in [2.75, 3.05) is 17.1 Å². The highest BCUT2D eigenvalue weighted by molar-refractivity contribution is 9.10. The Balaban J connectivity index is 1.92. The van der Waals surface area contributed by atoms with Crippen LogP contribution in [0.4, 0.5) is 11.4 Å². The Kier molecular flexibility index (Phi) is 6.30. The summed E-state index contributed by atoms with van der Waals surface area (Å²) in [7, 11) is -2.48. The van der Waals surface area contributed by atoms with E-state index in [0.717, 1.165) is 0 Å². The Labute approximate surface area is 182 Å². The Bertz CT molecular complexity index is 1060. The van der Waals surface area contributed by atoms with E-state index in [9.17, 15) is 13.2 Å². The molecule has 1 unspecified atom stereocenters. The number of benzene rings is 2. The number of ether oxygens (including phenoxy) is 2. The number of rotatable bonds is 6. The lowest BCUT2D eigenvalue weighted by Gasteiger charge is -2.27. The first-order valence-corrected chi connectivity index (χ1v) is 11.4. The molecule has 0 saturated carbocycles. The van der Waals surface area contributed by atoms with Gasteiger partial charge >= 0.3 is 0 Å². The number of sulfonamides is 1. The van der Waals surface area contributed by atoms with E-state index in [-0.39, 0.29) is 31.9 Å². The van der Waals surface area contributed by atoms with Gasteiger partial charge in [-0.05, 0) is 52.5 Å². The molecule has 2 aromatic carbocycles. The van der Waals surface area contributed by atoms with Crippen LogP contribution in [0.25, 0.3) is 0 Å². The zero-order chi connectivity index (χ0) is 21.3. The molecule has 0 bridgehead atoms. The number of carbonyl (C=O) groups is 1. The molecule has 0 aromatic heterocycles. The molecule has 0 aliphatic carbocycles. The molecule has 7 nitrogen and oxygen atoms in total. The van der Waals surface area contributed by atoms with Crippen molar-refractivity contribution in [1.82, 2.24) is 0 Å². The lowest BCUT2D eigenvalue weighted by atomic mass is 10.0. The van der Waals surface area contributed by atoms with Crippen LogP contribution in [-0.2, 0) is 14.8 Å². The highest BCUT2D eigenvalue weighted by Gasteiger charge is 2.31. The first-order chi connectivity index (χ1) is 13.6. The number of nitrogens with one attached hydrogen (secondary N) is 2. The lowest BCUT2D eigenvalue weighted by Crippen LogP contribution is -2.38. The molecule has 1 amide bonds. The summed E-state index contributed by atoms with van der Waals surface area (Å²) in [5, 5.41) is 3.04. The monoisotopic (exact) mass is 502 g/mol. The third-order valence-electron chi connectivity index (χ3n) is 4.23. The molecule has 29 heavy (non-hydrogen) atoms. The molecule has 0 saturated heterocycles. The van der Waals surface area contributed by atoms with Gasteiger partial charge in [0.2, 0.25) is 0 Å². The first-order valence-electron chi connectivity index (χ1n) is 8.78. The summed E-state index contributed by atoms with van der Waals surface area (Å²) in [5.74, 6) is 0.726. The summed E-state index contributed by atoms with van der Waals surface area (Å²) >= 11 is 9.34. The predicted octanol–water partition coefficient (Wildman–Crippen LogP) is 4.66. The Hall–Kier alpha value is -1.97. The number of halogens is 2. The number of amides is 1. The molecule has 0 spiro atoms. The van der Waals surface area contributed by atoms with Gasteiger partial charge in [0.25, 0.3) is 15.9 Å². The Morgan fingerprint density at radius 1 is 1.31 bits per heavy atom. The molecule has 2 N–H and O–H groups in total. The maximum absolute atomic E-state index is 12.9. The maximum atomic E-state index is 12.9. The van der Waals surface area contributed by atoms with Crippen LogP contribution in [0, 0.1) is 5.92 Å². The average Bonchev–Trinajstić information content (AvgIpc) is 2.61. The first kappa shape index (κ1) is 21.7. The van der Waals surface area contributed by atoms with Gasteiger partial charge in [0, 0.05) is 10.5 Å². The molecular formula is C19H20BrClN2O5S.